The summed E-state index contributed by atoms with van der Waals surface area (Å²) in [6.45, 7) is 0. The van der Waals surface area contributed by atoms with Crippen molar-refractivity contribution in [3.63, 3.8) is 0 Å². The van der Waals surface area contributed by atoms with Crippen LogP contribution in [0.25, 0.3) is 66.4 Å². The topological polar surface area (TPSA) is 16.4 Å². The van der Waals surface area contributed by atoms with Crippen LogP contribution in [0.1, 0.15) is 0 Å². The van der Waals surface area contributed by atoms with Crippen molar-refractivity contribution in [2.24, 2.45) is 0 Å². The van der Waals surface area contributed by atoms with Gasteiger partial charge in [-0.25, -0.2) is 0 Å². The summed E-state index contributed by atoms with van der Waals surface area (Å²) in [6, 6.07) is 71.1. The van der Waals surface area contributed by atoms with E-state index in [1.165, 1.54) is 33.0 Å². The molecule has 0 radical (unpaired) electrons. The Labute approximate surface area is 292 Å². The number of furan rings is 1. The second kappa shape index (κ2) is 12.8. The Kier molecular flexibility index (Phi) is 7.53. The molecule has 0 aliphatic rings. The third kappa shape index (κ3) is 5.53. The molecular formula is C48H33NO. The average Bonchev–Trinajstić information content (AvgIpc) is 3.64. The van der Waals surface area contributed by atoms with E-state index in [0.29, 0.717) is 0 Å². The number of hydrogen-bond donors (Lipinski definition) is 0. The van der Waals surface area contributed by atoms with Crippen LogP contribution < -0.4 is 4.90 Å². The zero-order chi connectivity index (χ0) is 33.3. The van der Waals surface area contributed by atoms with Crippen LogP contribution in [-0.4, -0.2) is 0 Å². The minimum atomic E-state index is 0.871. The van der Waals surface area contributed by atoms with Gasteiger partial charge in [0.25, 0.3) is 0 Å². The molecule has 0 aliphatic heterocycles. The summed E-state index contributed by atoms with van der Waals surface area (Å²) in [5.41, 5.74) is 12.3. The molecular weight excluding hydrogens is 607 g/mol. The van der Waals surface area contributed by atoms with Gasteiger partial charge in [0, 0.05) is 27.9 Å². The Balaban J connectivity index is 1.13. The highest BCUT2D eigenvalue weighted by Crippen LogP contribution is 2.43. The first-order chi connectivity index (χ1) is 24.8. The summed E-state index contributed by atoms with van der Waals surface area (Å²) in [6.07, 6.45) is 0. The maximum Gasteiger partial charge on any atom is 0.136 e. The van der Waals surface area contributed by atoms with E-state index in [2.05, 4.69) is 187 Å². The fourth-order valence-corrected chi connectivity index (χ4v) is 6.98. The molecule has 8 aromatic carbocycles. The summed E-state index contributed by atoms with van der Waals surface area (Å²) in [5.74, 6) is 0.871. The van der Waals surface area contributed by atoms with Crippen LogP contribution in [-0.2, 0) is 0 Å². The fourth-order valence-electron chi connectivity index (χ4n) is 6.98. The molecule has 1 aromatic heterocycles. The van der Waals surface area contributed by atoms with Gasteiger partial charge in [-0.2, -0.15) is 0 Å². The Morgan fingerprint density at radius 2 is 0.860 bits per heavy atom. The van der Waals surface area contributed by atoms with Gasteiger partial charge in [0.15, 0.2) is 0 Å². The Morgan fingerprint density at radius 3 is 1.60 bits per heavy atom. The van der Waals surface area contributed by atoms with Crippen LogP contribution in [0, 0.1) is 0 Å². The van der Waals surface area contributed by atoms with Crippen molar-refractivity contribution < 1.29 is 4.42 Å². The fraction of sp³-hybridized carbons (Fsp3) is 0. The Hall–Kier alpha value is -6.64. The van der Waals surface area contributed by atoms with Gasteiger partial charge in [-0.1, -0.05) is 152 Å². The normalized spacial score (nSPS) is 11.2. The maximum absolute atomic E-state index is 6.30. The van der Waals surface area contributed by atoms with Crippen molar-refractivity contribution in [1.29, 1.82) is 0 Å². The highest BCUT2D eigenvalue weighted by atomic mass is 16.3. The van der Waals surface area contributed by atoms with Gasteiger partial charge < -0.3 is 9.32 Å². The van der Waals surface area contributed by atoms with E-state index in [1.54, 1.807) is 0 Å². The lowest BCUT2D eigenvalue weighted by atomic mass is 9.97. The molecule has 236 valence electrons. The highest BCUT2D eigenvalue weighted by molar-refractivity contribution is 5.92. The van der Waals surface area contributed by atoms with Crippen molar-refractivity contribution in [3.05, 3.63) is 200 Å². The van der Waals surface area contributed by atoms with Gasteiger partial charge in [-0.3, -0.25) is 0 Å². The van der Waals surface area contributed by atoms with Crippen LogP contribution in [0.15, 0.2) is 205 Å². The smallest absolute Gasteiger partial charge is 0.136 e. The minimum absolute atomic E-state index is 0.871. The largest absolute Gasteiger partial charge is 0.456 e. The number of hydrogen-bond acceptors (Lipinski definition) is 2. The summed E-state index contributed by atoms with van der Waals surface area (Å²) >= 11 is 0. The van der Waals surface area contributed by atoms with E-state index < -0.39 is 0 Å². The Morgan fingerprint density at radius 1 is 0.320 bits per heavy atom. The molecule has 0 unspecified atom stereocenters. The van der Waals surface area contributed by atoms with Crippen LogP contribution in [0.4, 0.5) is 17.1 Å². The van der Waals surface area contributed by atoms with E-state index >= 15 is 0 Å². The molecule has 2 nitrogen and oxygen atoms in total. The lowest BCUT2D eigenvalue weighted by Crippen LogP contribution is -2.11. The number of benzene rings is 8. The third-order valence-corrected chi connectivity index (χ3v) is 9.49. The quantitative estimate of drug-likeness (QED) is 0.173. The molecule has 0 atom stereocenters. The molecule has 0 saturated carbocycles. The van der Waals surface area contributed by atoms with Crippen molar-refractivity contribution in [1.82, 2.24) is 0 Å². The zero-order valence-corrected chi connectivity index (χ0v) is 27.4. The summed E-state index contributed by atoms with van der Waals surface area (Å²) in [7, 11) is 0. The lowest BCUT2D eigenvalue weighted by Gasteiger charge is -2.28. The summed E-state index contributed by atoms with van der Waals surface area (Å²) in [5, 5.41) is 3.60. The van der Waals surface area contributed by atoms with Gasteiger partial charge in [-0.15, -0.1) is 0 Å². The van der Waals surface area contributed by atoms with E-state index in [-0.39, 0.29) is 0 Å². The van der Waals surface area contributed by atoms with Gasteiger partial charge >= 0.3 is 0 Å². The summed E-state index contributed by atoms with van der Waals surface area (Å²) in [4.78, 5) is 2.36. The summed E-state index contributed by atoms with van der Waals surface area (Å²) < 4.78 is 6.30. The first kappa shape index (κ1) is 29.5. The van der Waals surface area contributed by atoms with Gasteiger partial charge in [-0.05, 0) is 87.1 Å². The van der Waals surface area contributed by atoms with E-state index in [4.69, 9.17) is 4.42 Å². The first-order valence-corrected chi connectivity index (χ1v) is 17.0. The highest BCUT2D eigenvalue weighted by Gasteiger charge is 2.18. The number of fused-ring (bicyclic) bond motifs is 2. The second-order valence-corrected chi connectivity index (χ2v) is 12.6. The molecule has 0 fully saturated rings. The third-order valence-electron chi connectivity index (χ3n) is 9.49. The molecule has 50 heavy (non-hydrogen) atoms. The zero-order valence-electron chi connectivity index (χ0n) is 27.4. The van der Waals surface area contributed by atoms with Crippen LogP contribution in [0.5, 0.6) is 0 Å². The predicted molar refractivity (Wildman–Crippen MR) is 210 cm³/mol. The monoisotopic (exact) mass is 639 g/mol. The first-order valence-electron chi connectivity index (χ1n) is 17.0. The van der Waals surface area contributed by atoms with Crippen LogP contribution in [0.3, 0.4) is 0 Å². The van der Waals surface area contributed by atoms with Crippen molar-refractivity contribution in [2.75, 3.05) is 4.90 Å². The van der Waals surface area contributed by atoms with E-state index in [9.17, 15) is 0 Å². The van der Waals surface area contributed by atoms with Crippen molar-refractivity contribution >= 4 is 38.8 Å². The second-order valence-electron chi connectivity index (χ2n) is 12.6. The number of rotatable bonds is 7. The molecule has 0 N–H and O–H groups in total. The number of nitrogens with zero attached hydrogens (tertiary/aromatic N) is 1. The molecule has 0 spiro atoms. The number of para-hydroxylation sites is 2. The lowest BCUT2D eigenvalue weighted by molar-refractivity contribution is 0.632. The molecule has 1 heterocycles. The Bertz CT molecular complexity index is 2550. The molecule has 9 aromatic rings. The van der Waals surface area contributed by atoms with E-state index in [1.807, 2.05) is 18.2 Å². The molecule has 2 heteroatoms. The van der Waals surface area contributed by atoms with Gasteiger partial charge in [0.2, 0.25) is 0 Å². The maximum atomic E-state index is 6.30. The van der Waals surface area contributed by atoms with Crippen molar-refractivity contribution in [3.8, 4) is 44.7 Å². The minimum Gasteiger partial charge on any atom is -0.456 e. The van der Waals surface area contributed by atoms with Crippen LogP contribution in [0.2, 0.25) is 0 Å². The standard InChI is InChI=1S/C48H33NO/c1-2-13-36(14-3-1)44-18-9-10-20-46(44)49(41-28-24-35(25-29-41)39-23-22-34-12-4-5-15-38(34)32-39)42-30-26-37(27-31-42)43-17-7-8-19-45(43)48-33-40-16-6-11-21-47(40)50-48/h1-33H. The molecule has 0 amide bonds. The predicted octanol–water partition coefficient (Wildman–Crippen LogP) is 13.7. The average molecular weight is 640 g/mol. The molecule has 0 bridgehead atoms. The van der Waals surface area contributed by atoms with E-state index in [0.717, 1.165) is 50.5 Å². The molecule has 9 rings (SSSR count). The van der Waals surface area contributed by atoms with Gasteiger partial charge in [0.05, 0.1) is 5.69 Å². The molecule has 0 saturated heterocycles. The number of anilines is 3. The SMILES string of the molecule is c1ccc(-c2ccccc2N(c2ccc(-c3ccc4ccccc4c3)cc2)c2ccc(-c3ccccc3-c3cc4ccccc4o3)cc2)cc1. The van der Waals surface area contributed by atoms with Gasteiger partial charge in [0.1, 0.15) is 11.3 Å². The van der Waals surface area contributed by atoms with Crippen LogP contribution >= 0.6 is 0 Å². The van der Waals surface area contributed by atoms with Crippen molar-refractivity contribution in [2.45, 2.75) is 0 Å². The molecule has 0 aliphatic carbocycles.